The van der Waals surface area contributed by atoms with Crippen LogP contribution in [0.3, 0.4) is 0 Å². The van der Waals surface area contributed by atoms with Gasteiger partial charge < -0.3 is 5.32 Å². The van der Waals surface area contributed by atoms with Gasteiger partial charge in [-0.3, -0.25) is 4.90 Å². The van der Waals surface area contributed by atoms with Gasteiger partial charge in [0.15, 0.2) is 0 Å². The molecule has 2 rings (SSSR count). The average Bonchev–Trinajstić information content (AvgIpc) is 2.46. The Hall–Kier alpha value is -0.860. The van der Waals surface area contributed by atoms with Crippen molar-refractivity contribution in [1.29, 1.82) is 0 Å². The summed E-state index contributed by atoms with van der Waals surface area (Å²) in [6.45, 7) is 9.23. The van der Waals surface area contributed by atoms with E-state index in [1.807, 2.05) is 0 Å². The maximum Gasteiger partial charge on any atom is 0.0237 e. The van der Waals surface area contributed by atoms with Crippen molar-refractivity contribution in [2.75, 3.05) is 19.6 Å². The maximum absolute atomic E-state index is 3.67. The summed E-state index contributed by atoms with van der Waals surface area (Å²) >= 11 is 0. The Morgan fingerprint density at radius 3 is 2.74 bits per heavy atom. The van der Waals surface area contributed by atoms with Gasteiger partial charge in [0, 0.05) is 19.1 Å². The molecule has 1 unspecified atom stereocenters. The summed E-state index contributed by atoms with van der Waals surface area (Å²) in [5.74, 6) is 0. The minimum Gasteiger partial charge on any atom is -0.313 e. The van der Waals surface area contributed by atoms with E-state index in [1.165, 1.54) is 43.5 Å². The molecule has 0 spiro atoms. The molecule has 0 amide bonds. The number of likely N-dealkylation sites (tertiary alicyclic amines) is 1. The summed E-state index contributed by atoms with van der Waals surface area (Å²) in [7, 11) is 0. The molecular formula is C17H28N2. The maximum atomic E-state index is 3.67. The van der Waals surface area contributed by atoms with Crippen LogP contribution in [0.2, 0.25) is 0 Å². The summed E-state index contributed by atoms with van der Waals surface area (Å²) in [5.41, 5.74) is 3.02. The second kappa shape index (κ2) is 7.66. The zero-order valence-electron chi connectivity index (χ0n) is 12.5. The molecule has 1 atom stereocenters. The lowest BCUT2D eigenvalue weighted by molar-refractivity contribution is 0.183. The Labute approximate surface area is 118 Å². The van der Waals surface area contributed by atoms with Gasteiger partial charge in [-0.25, -0.2) is 0 Å². The first-order valence-electron chi connectivity index (χ1n) is 7.86. The first kappa shape index (κ1) is 14.5. The van der Waals surface area contributed by atoms with Crippen LogP contribution >= 0.6 is 0 Å². The Kier molecular flexibility index (Phi) is 5.87. The molecule has 19 heavy (non-hydrogen) atoms. The fraction of sp³-hybridized carbons (Fsp3) is 0.647. The Bertz CT molecular complexity index is 375. The monoisotopic (exact) mass is 260 g/mol. The molecule has 1 aliphatic heterocycles. The number of rotatable bonds is 6. The molecule has 2 nitrogen and oxygen atoms in total. The van der Waals surface area contributed by atoms with Gasteiger partial charge in [0.1, 0.15) is 0 Å². The molecule has 1 aliphatic rings. The van der Waals surface area contributed by atoms with Crippen molar-refractivity contribution in [2.45, 2.75) is 52.1 Å². The molecule has 0 radical (unpaired) electrons. The molecule has 0 saturated carbocycles. The van der Waals surface area contributed by atoms with Crippen molar-refractivity contribution in [3.63, 3.8) is 0 Å². The molecule has 1 heterocycles. The molecule has 1 fully saturated rings. The average molecular weight is 260 g/mol. The van der Waals surface area contributed by atoms with Gasteiger partial charge in [0.2, 0.25) is 0 Å². The highest BCUT2D eigenvalue weighted by Gasteiger charge is 2.19. The van der Waals surface area contributed by atoms with Gasteiger partial charge in [-0.2, -0.15) is 0 Å². The predicted octanol–water partition coefficient (Wildman–Crippen LogP) is 3.21. The fourth-order valence-corrected chi connectivity index (χ4v) is 3.01. The standard InChI is InChI=1S/C17H28N2/c1-3-11-18-17-10-7-12-19(14-17)13-16-9-6-5-8-15(16)4-2/h5-6,8-9,17-18H,3-4,7,10-14H2,1-2H3. The predicted molar refractivity (Wildman–Crippen MR) is 82.4 cm³/mol. The third-order valence-electron chi connectivity index (χ3n) is 4.08. The molecule has 0 aliphatic carbocycles. The number of piperidine rings is 1. The van der Waals surface area contributed by atoms with E-state index in [0.29, 0.717) is 6.04 Å². The molecule has 0 bridgehead atoms. The molecule has 0 aromatic heterocycles. The summed E-state index contributed by atoms with van der Waals surface area (Å²) in [6.07, 6.45) is 5.04. The third kappa shape index (κ3) is 4.32. The lowest BCUT2D eigenvalue weighted by Gasteiger charge is -2.33. The Balaban J connectivity index is 1.91. The number of nitrogens with one attached hydrogen (secondary N) is 1. The van der Waals surface area contributed by atoms with E-state index in [1.54, 1.807) is 0 Å². The molecular weight excluding hydrogens is 232 g/mol. The van der Waals surface area contributed by atoms with Crippen molar-refractivity contribution >= 4 is 0 Å². The summed E-state index contributed by atoms with van der Waals surface area (Å²) in [4.78, 5) is 2.62. The van der Waals surface area contributed by atoms with Gasteiger partial charge in [0.25, 0.3) is 0 Å². The van der Waals surface area contributed by atoms with Crippen molar-refractivity contribution in [1.82, 2.24) is 10.2 Å². The molecule has 1 saturated heterocycles. The van der Waals surface area contributed by atoms with Crippen LogP contribution in [-0.2, 0) is 13.0 Å². The van der Waals surface area contributed by atoms with Crippen LogP contribution in [0, 0.1) is 0 Å². The second-order valence-electron chi connectivity index (χ2n) is 5.65. The zero-order chi connectivity index (χ0) is 13.5. The van der Waals surface area contributed by atoms with Crippen LogP contribution in [0.15, 0.2) is 24.3 Å². The molecule has 2 heteroatoms. The third-order valence-corrected chi connectivity index (χ3v) is 4.08. The quantitative estimate of drug-likeness (QED) is 0.845. The van der Waals surface area contributed by atoms with E-state index in [9.17, 15) is 0 Å². The Morgan fingerprint density at radius 1 is 1.21 bits per heavy atom. The van der Waals surface area contributed by atoms with Crippen LogP contribution < -0.4 is 5.32 Å². The number of benzene rings is 1. The largest absolute Gasteiger partial charge is 0.313 e. The highest BCUT2D eigenvalue weighted by atomic mass is 15.2. The molecule has 106 valence electrons. The van der Waals surface area contributed by atoms with Crippen LogP contribution in [0.25, 0.3) is 0 Å². The van der Waals surface area contributed by atoms with Gasteiger partial charge >= 0.3 is 0 Å². The first-order chi connectivity index (χ1) is 9.33. The van der Waals surface area contributed by atoms with E-state index in [-0.39, 0.29) is 0 Å². The fourth-order valence-electron chi connectivity index (χ4n) is 3.01. The SMILES string of the molecule is CCCNC1CCCN(Cc2ccccc2CC)C1. The number of hydrogen-bond donors (Lipinski definition) is 1. The van der Waals surface area contributed by atoms with Crippen molar-refractivity contribution in [2.24, 2.45) is 0 Å². The summed E-state index contributed by atoms with van der Waals surface area (Å²) < 4.78 is 0. The van der Waals surface area contributed by atoms with Crippen LogP contribution in [0.4, 0.5) is 0 Å². The van der Waals surface area contributed by atoms with E-state index < -0.39 is 0 Å². The molecule has 1 N–H and O–H groups in total. The normalized spacial score (nSPS) is 20.6. The highest BCUT2D eigenvalue weighted by molar-refractivity contribution is 5.27. The molecule has 1 aromatic rings. The zero-order valence-corrected chi connectivity index (χ0v) is 12.5. The van der Waals surface area contributed by atoms with Gasteiger partial charge in [-0.1, -0.05) is 38.1 Å². The first-order valence-corrected chi connectivity index (χ1v) is 7.86. The number of hydrogen-bond acceptors (Lipinski definition) is 2. The Morgan fingerprint density at radius 2 is 2.00 bits per heavy atom. The minimum atomic E-state index is 0.697. The lowest BCUT2D eigenvalue weighted by Crippen LogP contribution is -2.45. The van der Waals surface area contributed by atoms with E-state index in [0.717, 1.165) is 19.5 Å². The minimum absolute atomic E-state index is 0.697. The van der Waals surface area contributed by atoms with E-state index >= 15 is 0 Å². The van der Waals surface area contributed by atoms with Crippen LogP contribution in [-0.4, -0.2) is 30.6 Å². The second-order valence-corrected chi connectivity index (χ2v) is 5.65. The summed E-state index contributed by atoms with van der Waals surface area (Å²) in [6, 6.07) is 9.59. The van der Waals surface area contributed by atoms with Gasteiger partial charge in [0.05, 0.1) is 0 Å². The summed E-state index contributed by atoms with van der Waals surface area (Å²) in [5, 5.41) is 3.67. The van der Waals surface area contributed by atoms with Crippen LogP contribution in [0.1, 0.15) is 44.2 Å². The van der Waals surface area contributed by atoms with Crippen molar-refractivity contribution in [3.8, 4) is 0 Å². The smallest absolute Gasteiger partial charge is 0.0237 e. The topological polar surface area (TPSA) is 15.3 Å². The van der Waals surface area contributed by atoms with Crippen LogP contribution in [0.5, 0.6) is 0 Å². The van der Waals surface area contributed by atoms with E-state index in [2.05, 4.69) is 48.3 Å². The number of nitrogens with zero attached hydrogens (tertiary/aromatic N) is 1. The lowest BCUT2D eigenvalue weighted by atomic mass is 10.0. The molecule has 1 aromatic carbocycles. The van der Waals surface area contributed by atoms with Gasteiger partial charge in [-0.15, -0.1) is 0 Å². The van der Waals surface area contributed by atoms with E-state index in [4.69, 9.17) is 0 Å². The highest BCUT2D eigenvalue weighted by Crippen LogP contribution is 2.17. The van der Waals surface area contributed by atoms with Crippen molar-refractivity contribution < 1.29 is 0 Å². The van der Waals surface area contributed by atoms with Gasteiger partial charge in [-0.05, 0) is 49.9 Å². The number of aryl methyl sites for hydroxylation is 1. The van der Waals surface area contributed by atoms with Crippen molar-refractivity contribution in [3.05, 3.63) is 35.4 Å².